The van der Waals surface area contributed by atoms with Crippen molar-refractivity contribution in [2.75, 3.05) is 26.2 Å². The summed E-state index contributed by atoms with van der Waals surface area (Å²) in [4.78, 5) is 13.9. The number of hydrogen-bond donors (Lipinski definition) is 2. The first-order chi connectivity index (χ1) is 8.08. The van der Waals surface area contributed by atoms with E-state index in [1.54, 1.807) is 0 Å². The molecule has 1 heterocycles. The van der Waals surface area contributed by atoms with Crippen LogP contribution in [0.3, 0.4) is 0 Å². The minimum absolute atomic E-state index is 0.00411. The van der Waals surface area contributed by atoms with Gasteiger partial charge < -0.3 is 15.2 Å². The molecule has 5 heteroatoms. The lowest BCUT2D eigenvalue weighted by molar-refractivity contribution is -0.135. The van der Waals surface area contributed by atoms with Crippen LogP contribution in [0.2, 0.25) is 0 Å². The molecule has 0 radical (unpaired) electrons. The number of morpholine rings is 1. The van der Waals surface area contributed by atoms with Crippen molar-refractivity contribution in [3.63, 3.8) is 0 Å². The molecule has 3 unspecified atom stereocenters. The van der Waals surface area contributed by atoms with Gasteiger partial charge in [0.1, 0.15) is 0 Å². The van der Waals surface area contributed by atoms with E-state index in [-0.39, 0.29) is 30.8 Å². The van der Waals surface area contributed by atoms with Gasteiger partial charge in [0.15, 0.2) is 0 Å². The Bertz CT molecular complexity index is 248. The highest BCUT2D eigenvalue weighted by atomic mass is 16.5. The average molecular weight is 244 g/mol. The molecule has 0 aromatic heterocycles. The lowest BCUT2D eigenvalue weighted by Crippen LogP contribution is -2.55. The summed E-state index contributed by atoms with van der Waals surface area (Å²) in [6, 6.07) is -0.165. The summed E-state index contributed by atoms with van der Waals surface area (Å²) in [6.07, 6.45) is 0.819. The van der Waals surface area contributed by atoms with Crippen molar-refractivity contribution in [2.45, 2.75) is 45.4 Å². The zero-order valence-corrected chi connectivity index (χ0v) is 11.0. The van der Waals surface area contributed by atoms with Gasteiger partial charge in [0, 0.05) is 19.6 Å². The average Bonchev–Trinajstić information content (AvgIpc) is 2.34. The topological polar surface area (TPSA) is 61.8 Å². The van der Waals surface area contributed by atoms with Gasteiger partial charge in [-0.25, -0.2) is 0 Å². The SMILES string of the molecule is CCCNC(=O)C(C)N1CC(C)OC(CO)C1. The van der Waals surface area contributed by atoms with Gasteiger partial charge in [-0.15, -0.1) is 0 Å². The maximum atomic E-state index is 11.8. The van der Waals surface area contributed by atoms with Crippen LogP contribution >= 0.6 is 0 Å². The molecule has 100 valence electrons. The van der Waals surface area contributed by atoms with Crippen LogP contribution in [0.15, 0.2) is 0 Å². The van der Waals surface area contributed by atoms with Crippen molar-refractivity contribution >= 4 is 5.91 Å². The number of rotatable bonds is 5. The third kappa shape index (κ3) is 4.26. The van der Waals surface area contributed by atoms with E-state index in [1.165, 1.54) is 0 Å². The van der Waals surface area contributed by atoms with Gasteiger partial charge in [0.25, 0.3) is 0 Å². The zero-order chi connectivity index (χ0) is 12.8. The van der Waals surface area contributed by atoms with Crippen LogP contribution in [0.1, 0.15) is 27.2 Å². The summed E-state index contributed by atoms with van der Waals surface area (Å²) < 4.78 is 5.55. The highest BCUT2D eigenvalue weighted by Crippen LogP contribution is 2.13. The van der Waals surface area contributed by atoms with E-state index < -0.39 is 0 Å². The van der Waals surface area contributed by atoms with Crippen LogP contribution in [0.4, 0.5) is 0 Å². The number of carbonyl (C=O) groups excluding carboxylic acids is 1. The minimum Gasteiger partial charge on any atom is -0.394 e. The quantitative estimate of drug-likeness (QED) is 0.713. The Morgan fingerprint density at radius 3 is 2.88 bits per heavy atom. The monoisotopic (exact) mass is 244 g/mol. The third-order valence-corrected chi connectivity index (χ3v) is 3.03. The maximum absolute atomic E-state index is 11.8. The van der Waals surface area contributed by atoms with Gasteiger partial charge >= 0.3 is 0 Å². The maximum Gasteiger partial charge on any atom is 0.237 e. The fourth-order valence-electron chi connectivity index (χ4n) is 2.06. The van der Waals surface area contributed by atoms with Crippen molar-refractivity contribution < 1.29 is 14.6 Å². The molecule has 3 atom stereocenters. The second-order valence-electron chi connectivity index (χ2n) is 4.67. The van der Waals surface area contributed by atoms with Gasteiger partial charge in [0.05, 0.1) is 24.9 Å². The molecule has 1 rings (SSSR count). The first-order valence-corrected chi connectivity index (χ1v) is 6.36. The predicted octanol–water partition coefficient (Wildman–Crippen LogP) is -0.0173. The summed E-state index contributed by atoms with van der Waals surface area (Å²) in [5.74, 6) is 0.0534. The van der Waals surface area contributed by atoms with E-state index in [4.69, 9.17) is 9.84 Å². The Kier molecular flexibility index (Phi) is 5.88. The van der Waals surface area contributed by atoms with Crippen molar-refractivity contribution in [3.8, 4) is 0 Å². The Hall–Kier alpha value is -0.650. The van der Waals surface area contributed by atoms with Crippen molar-refractivity contribution in [1.29, 1.82) is 0 Å². The molecule has 1 saturated heterocycles. The number of nitrogens with one attached hydrogen (secondary N) is 1. The molecular formula is C12H24N2O3. The molecule has 0 bridgehead atoms. The van der Waals surface area contributed by atoms with Crippen LogP contribution in [-0.2, 0) is 9.53 Å². The van der Waals surface area contributed by atoms with Crippen LogP contribution in [0.25, 0.3) is 0 Å². The molecule has 1 aliphatic rings. The Labute approximate surface area is 103 Å². The highest BCUT2D eigenvalue weighted by molar-refractivity contribution is 5.81. The molecular weight excluding hydrogens is 220 g/mol. The molecule has 1 fully saturated rings. The third-order valence-electron chi connectivity index (χ3n) is 3.03. The largest absolute Gasteiger partial charge is 0.394 e. The molecule has 5 nitrogen and oxygen atoms in total. The molecule has 0 spiro atoms. The summed E-state index contributed by atoms with van der Waals surface area (Å²) in [6.45, 7) is 7.96. The molecule has 1 amide bonds. The van der Waals surface area contributed by atoms with E-state index in [2.05, 4.69) is 10.2 Å². The molecule has 0 aliphatic carbocycles. The van der Waals surface area contributed by atoms with E-state index >= 15 is 0 Å². The summed E-state index contributed by atoms with van der Waals surface area (Å²) >= 11 is 0. The van der Waals surface area contributed by atoms with Crippen LogP contribution in [0.5, 0.6) is 0 Å². The number of ether oxygens (including phenoxy) is 1. The van der Waals surface area contributed by atoms with Crippen molar-refractivity contribution in [1.82, 2.24) is 10.2 Å². The number of hydrogen-bond acceptors (Lipinski definition) is 4. The number of nitrogens with zero attached hydrogens (tertiary/aromatic N) is 1. The summed E-state index contributed by atoms with van der Waals surface area (Å²) in [7, 11) is 0. The second kappa shape index (κ2) is 6.93. The molecule has 17 heavy (non-hydrogen) atoms. The van der Waals surface area contributed by atoms with Gasteiger partial charge in [-0.1, -0.05) is 6.92 Å². The smallest absolute Gasteiger partial charge is 0.237 e. The van der Waals surface area contributed by atoms with Crippen molar-refractivity contribution in [3.05, 3.63) is 0 Å². The van der Waals surface area contributed by atoms with Gasteiger partial charge in [-0.3, -0.25) is 9.69 Å². The fraction of sp³-hybridized carbons (Fsp3) is 0.917. The zero-order valence-electron chi connectivity index (χ0n) is 11.0. The number of aliphatic hydroxyl groups is 1. The van der Waals surface area contributed by atoms with Crippen LogP contribution in [0, 0.1) is 0 Å². The molecule has 1 aliphatic heterocycles. The molecule has 2 N–H and O–H groups in total. The standard InChI is InChI=1S/C12H24N2O3/c1-4-5-13-12(16)10(3)14-6-9(2)17-11(7-14)8-15/h9-11,15H,4-8H2,1-3H3,(H,13,16). The Balaban J connectivity index is 2.49. The van der Waals surface area contributed by atoms with E-state index in [9.17, 15) is 4.79 Å². The fourth-order valence-corrected chi connectivity index (χ4v) is 2.06. The minimum atomic E-state index is -0.180. The van der Waals surface area contributed by atoms with E-state index in [0.717, 1.165) is 13.0 Å². The lowest BCUT2D eigenvalue weighted by atomic mass is 10.1. The van der Waals surface area contributed by atoms with Crippen molar-refractivity contribution in [2.24, 2.45) is 0 Å². The normalized spacial score (nSPS) is 27.8. The van der Waals surface area contributed by atoms with E-state index in [1.807, 2.05) is 20.8 Å². The highest BCUT2D eigenvalue weighted by Gasteiger charge is 2.30. The second-order valence-corrected chi connectivity index (χ2v) is 4.67. The Morgan fingerprint density at radius 1 is 1.59 bits per heavy atom. The van der Waals surface area contributed by atoms with Gasteiger partial charge in [-0.2, -0.15) is 0 Å². The van der Waals surface area contributed by atoms with Crippen LogP contribution in [-0.4, -0.2) is 60.4 Å². The molecule has 0 aromatic carbocycles. The Morgan fingerprint density at radius 2 is 2.29 bits per heavy atom. The number of carbonyl (C=O) groups is 1. The summed E-state index contributed by atoms with van der Waals surface area (Å²) in [5, 5.41) is 12.0. The van der Waals surface area contributed by atoms with E-state index in [0.29, 0.717) is 13.1 Å². The first-order valence-electron chi connectivity index (χ1n) is 6.36. The van der Waals surface area contributed by atoms with Gasteiger partial charge in [0.2, 0.25) is 5.91 Å². The molecule has 0 saturated carbocycles. The number of aliphatic hydroxyl groups excluding tert-OH is 1. The number of amides is 1. The van der Waals surface area contributed by atoms with Crippen LogP contribution < -0.4 is 5.32 Å². The first kappa shape index (κ1) is 14.4. The molecule has 0 aromatic rings. The predicted molar refractivity (Wildman–Crippen MR) is 65.8 cm³/mol. The lowest BCUT2D eigenvalue weighted by Gasteiger charge is -2.38. The van der Waals surface area contributed by atoms with Gasteiger partial charge in [-0.05, 0) is 20.3 Å². The summed E-state index contributed by atoms with van der Waals surface area (Å²) in [5.41, 5.74) is 0.